The van der Waals surface area contributed by atoms with Crippen LogP contribution in [0, 0.1) is 19.8 Å². The minimum absolute atomic E-state index is 0.0879. The maximum absolute atomic E-state index is 13.0. The standard InChI is InChI=1S/C23H27F2N7O/c1-13-15(3-6-20(27-13)31-8-7-16(10-31)22(24)25)11-32-12-17(9-26-32)23(33)28-19-5-4-18-14(2)29-30-21(18)19/h3,6,9,12,16,19,22H,4-5,7-8,10-11H2,1-2H3,(H,28,33)(H,29,30). The number of halogens is 2. The molecule has 2 N–H and O–H groups in total. The lowest BCUT2D eigenvalue weighted by Crippen LogP contribution is -2.27. The molecule has 2 atom stereocenters. The molecular formula is C23H27F2N7O. The second kappa shape index (κ2) is 8.57. The van der Waals surface area contributed by atoms with Gasteiger partial charge in [0.2, 0.25) is 6.43 Å². The number of rotatable bonds is 6. The number of carbonyl (C=O) groups is 1. The van der Waals surface area contributed by atoms with Crippen LogP contribution in [0.4, 0.5) is 14.6 Å². The molecule has 0 bridgehead atoms. The zero-order chi connectivity index (χ0) is 23.1. The van der Waals surface area contributed by atoms with E-state index >= 15 is 0 Å². The molecule has 1 saturated heterocycles. The number of amides is 1. The third-order valence-corrected chi connectivity index (χ3v) is 6.74. The van der Waals surface area contributed by atoms with E-state index in [0.29, 0.717) is 31.6 Å². The van der Waals surface area contributed by atoms with Crippen LogP contribution in [-0.2, 0) is 13.0 Å². The summed E-state index contributed by atoms with van der Waals surface area (Å²) >= 11 is 0. The lowest BCUT2D eigenvalue weighted by molar-refractivity contribution is 0.0879. The normalized spacial score (nSPS) is 20.0. The molecule has 0 radical (unpaired) electrons. The van der Waals surface area contributed by atoms with Gasteiger partial charge in [-0.25, -0.2) is 13.8 Å². The van der Waals surface area contributed by atoms with Crippen LogP contribution in [0.1, 0.15) is 57.5 Å². The minimum atomic E-state index is -2.29. The number of aryl methyl sites for hydroxylation is 2. The van der Waals surface area contributed by atoms with E-state index in [4.69, 9.17) is 0 Å². The highest BCUT2D eigenvalue weighted by Gasteiger charge is 2.31. The lowest BCUT2D eigenvalue weighted by atomic mass is 10.1. The third kappa shape index (κ3) is 4.21. The maximum atomic E-state index is 13.0. The Balaban J connectivity index is 1.22. The van der Waals surface area contributed by atoms with Gasteiger partial charge >= 0.3 is 0 Å². The van der Waals surface area contributed by atoms with Crippen LogP contribution in [0.5, 0.6) is 0 Å². The van der Waals surface area contributed by atoms with Crippen molar-refractivity contribution < 1.29 is 13.6 Å². The molecule has 1 aliphatic heterocycles. The molecule has 0 spiro atoms. The fourth-order valence-corrected chi connectivity index (χ4v) is 4.75. The summed E-state index contributed by atoms with van der Waals surface area (Å²) in [6, 6.07) is 3.74. The summed E-state index contributed by atoms with van der Waals surface area (Å²) in [5.74, 6) is -0.0367. The molecule has 2 unspecified atom stereocenters. The largest absolute Gasteiger partial charge is 0.356 e. The van der Waals surface area contributed by atoms with Crippen molar-refractivity contribution in [2.24, 2.45) is 5.92 Å². The number of hydrogen-bond donors (Lipinski definition) is 2. The van der Waals surface area contributed by atoms with Gasteiger partial charge in [0.1, 0.15) is 5.82 Å². The van der Waals surface area contributed by atoms with Gasteiger partial charge in [0.25, 0.3) is 5.91 Å². The van der Waals surface area contributed by atoms with E-state index in [-0.39, 0.29) is 11.9 Å². The predicted molar refractivity (Wildman–Crippen MR) is 118 cm³/mol. The third-order valence-electron chi connectivity index (χ3n) is 6.74. The van der Waals surface area contributed by atoms with Crippen molar-refractivity contribution >= 4 is 11.7 Å². The van der Waals surface area contributed by atoms with Gasteiger partial charge < -0.3 is 10.2 Å². The second-order valence-corrected chi connectivity index (χ2v) is 8.95. The fourth-order valence-electron chi connectivity index (χ4n) is 4.75. The van der Waals surface area contributed by atoms with E-state index in [0.717, 1.165) is 41.3 Å². The highest BCUT2D eigenvalue weighted by atomic mass is 19.3. The molecule has 3 aromatic heterocycles. The fraction of sp³-hybridized carbons (Fsp3) is 0.478. The first-order valence-electron chi connectivity index (χ1n) is 11.3. The predicted octanol–water partition coefficient (Wildman–Crippen LogP) is 3.18. The van der Waals surface area contributed by atoms with Gasteiger partial charge in [0, 0.05) is 36.6 Å². The van der Waals surface area contributed by atoms with E-state index in [1.807, 2.05) is 30.9 Å². The summed E-state index contributed by atoms with van der Waals surface area (Å²) in [4.78, 5) is 19.3. The van der Waals surface area contributed by atoms with Crippen molar-refractivity contribution in [2.75, 3.05) is 18.0 Å². The van der Waals surface area contributed by atoms with Crippen molar-refractivity contribution in [1.29, 1.82) is 0 Å². The average molecular weight is 456 g/mol. The van der Waals surface area contributed by atoms with Crippen molar-refractivity contribution in [3.8, 4) is 0 Å². The molecule has 10 heteroatoms. The first kappa shape index (κ1) is 21.5. The first-order chi connectivity index (χ1) is 15.9. The summed E-state index contributed by atoms with van der Waals surface area (Å²) < 4.78 is 27.6. The van der Waals surface area contributed by atoms with Gasteiger partial charge in [-0.05, 0) is 50.3 Å². The minimum Gasteiger partial charge on any atom is -0.356 e. The Hall–Kier alpha value is -3.30. The molecule has 0 aromatic carbocycles. The van der Waals surface area contributed by atoms with Gasteiger partial charge in [-0.2, -0.15) is 10.2 Å². The van der Waals surface area contributed by atoms with Crippen LogP contribution in [0.25, 0.3) is 0 Å². The Morgan fingerprint density at radius 1 is 1.30 bits per heavy atom. The Morgan fingerprint density at radius 3 is 2.91 bits per heavy atom. The Kier molecular flexibility index (Phi) is 5.59. The van der Waals surface area contributed by atoms with Crippen LogP contribution >= 0.6 is 0 Å². The van der Waals surface area contributed by atoms with Gasteiger partial charge in [0.05, 0.1) is 30.0 Å². The Morgan fingerprint density at radius 2 is 2.15 bits per heavy atom. The monoisotopic (exact) mass is 455 g/mol. The number of aromatic nitrogens is 5. The van der Waals surface area contributed by atoms with E-state index in [9.17, 15) is 13.6 Å². The quantitative estimate of drug-likeness (QED) is 0.596. The van der Waals surface area contributed by atoms with Gasteiger partial charge in [-0.15, -0.1) is 0 Å². The van der Waals surface area contributed by atoms with Gasteiger partial charge in [-0.3, -0.25) is 14.6 Å². The summed E-state index contributed by atoms with van der Waals surface area (Å²) in [6.45, 7) is 5.30. The van der Waals surface area contributed by atoms with Crippen LogP contribution < -0.4 is 10.2 Å². The van der Waals surface area contributed by atoms with E-state index < -0.39 is 12.3 Å². The molecular weight excluding hydrogens is 428 g/mol. The zero-order valence-electron chi connectivity index (χ0n) is 18.7. The average Bonchev–Trinajstić information content (AvgIpc) is 3.56. The summed E-state index contributed by atoms with van der Waals surface area (Å²) in [7, 11) is 0. The van der Waals surface area contributed by atoms with Crippen LogP contribution in [0.3, 0.4) is 0 Å². The number of fused-ring (bicyclic) bond motifs is 1. The zero-order valence-corrected chi connectivity index (χ0v) is 18.7. The van der Waals surface area contributed by atoms with Crippen molar-refractivity contribution in [3.05, 3.63) is 58.3 Å². The topological polar surface area (TPSA) is 91.7 Å². The number of pyridine rings is 1. The molecule has 33 heavy (non-hydrogen) atoms. The Labute approximate surface area is 190 Å². The second-order valence-electron chi connectivity index (χ2n) is 8.95. The van der Waals surface area contributed by atoms with E-state index in [2.05, 4.69) is 25.6 Å². The number of nitrogens with zero attached hydrogens (tertiary/aromatic N) is 5. The number of hydrogen-bond acceptors (Lipinski definition) is 5. The molecule has 0 saturated carbocycles. The SMILES string of the molecule is Cc1nc(N2CCC(C(F)F)C2)ccc1Cn1cc(C(=O)NC2CCc3c2n[nH]c3C)cn1. The van der Waals surface area contributed by atoms with Crippen LogP contribution in [0.2, 0.25) is 0 Å². The van der Waals surface area contributed by atoms with Gasteiger partial charge in [0.15, 0.2) is 0 Å². The highest BCUT2D eigenvalue weighted by molar-refractivity contribution is 5.94. The Bertz CT molecular complexity index is 1170. The first-order valence-corrected chi connectivity index (χ1v) is 11.3. The molecule has 4 heterocycles. The number of anilines is 1. The summed E-state index contributed by atoms with van der Waals surface area (Å²) in [5, 5.41) is 14.7. The van der Waals surface area contributed by atoms with Crippen molar-refractivity contribution in [1.82, 2.24) is 30.3 Å². The number of aromatic amines is 1. The molecule has 174 valence electrons. The van der Waals surface area contributed by atoms with E-state index in [1.165, 1.54) is 5.56 Å². The molecule has 1 amide bonds. The summed E-state index contributed by atoms with van der Waals surface area (Å²) in [5.41, 5.74) is 5.46. The van der Waals surface area contributed by atoms with E-state index in [1.54, 1.807) is 17.1 Å². The number of carbonyl (C=O) groups excluding carboxylic acids is 1. The molecule has 3 aromatic rings. The molecule has 8 nitrogen and oxygen atoms in total. The van der Waals surface area contributed by atoms with Gasteiger partial charge in [-0.1, -0.05) is 6.07 Å². The number of H-pyrrole nitrogens is 1. The molecule has 5 rings (SSSR count). The molecule has 1 aliphatic carbocycles. The molecule has 2 aliphatic rings. The number of nitrogens with one attached hydrogen (secondary N) is 2. The molecule has 1 fully saturated rings. The summed E-state index contributed by atoms with van der Waals surface area (Å²) in [6.07, 6.45) is 3.24. The maximum Gasteiger partial charge on any atom is 0.255 e. The lowest BCUT2D eigenvalue weighted by Gasteiger charge is -2.19. The van der Waals surface area contributed by atoms with Crippen molar-refractivity contribution in [2.45, 2.75) is 52.1 Å². The number of alkyl halides is 2. The highest BCUT2D eigenvalue weighted by Crippen LogP contribution is 2.31. The van der Waals surface area contributed by atoms with Crippen LogP contribution in [-0.4, -0.2) is 50.4 Å². The van der Waals surface area contributed by atoms with Crippen LogP contribution in [0.15, 0.2) is 24.5 Å². The van der Waals surface area contributed by atoms with Crippen molar-refractivity contribution in [3.63, 3.8) is 0 Å². The smallest absolute Gasteiger partial charge is 0.255 e.